The lowest BCUT2D eigenvalue weighted by Crippen LogP contribution is -2.32. The van der Waals surface area contributed by atoms with Crippen molar-refractivity contribution in [3.63, 3.8) is 0 Å². The lowest BCUT2D eigenvalue weighted by Gasteiger charge is -2.18. The molecule has 382 valence electrons. The number of hydrogen-bond acceptors (Lipinski definition) is 8. The second kappa shape index (κ2) is 52.6. The molecule has 0 aliphatic rings. The van der Waals surface area contributed by atoms with Crippen molar-refractivity contribution in [3.05, 3.63) is 24.3 Å². The van der Waals surface area contributed by atoms with Crippen molar-refractivity contribution in [2.75, 3.05) is 53.6 Å². The lowest BCUT2D eigenvalue weighted by atomic mass is 10.0. The van der Waals surface area contributed by atoms with Gasteiger partial charge in [-0.15, -0.1) is 0 Å². The number of likely N-dealkylation sites (N-methyl/N-ethyl adjacent to an activating group) is 1. The van der Waals surface area contributed by atoms with Crippen LogP contribution in [0.25, 0.3) is 0 Å². The highest BCUT2D eigenvalue weighted by Crippen LogP contribution is 2.17. The van der Waals surface area contributed by atoms with Gasteiger partial charge in [0.25, 0.3) is 0 Å². The Morgan fingerprint density at radius 3 is 1.23 bits per heavy atom. The van der Waals surface area contributed by atoms with E-state index in [1.54, 1.807) is 0 Å². The first kappa shape index (κ1) is 62.6. The predicted octanol–water partition coefficient (Wildman–Crippen LogP) is 15.7. The van der Waals surface area contributed by atoms with Crippen LogP contribution in [0, 0.1) is 0 Å². The predicted molar refractivity (Wildman–Crippen MR) is 275 cm³/mol. The average molecular weight is 919 g/mol. The van der Waals surface area contributed by atoms with Crippen LogP contribution >= 0.6 is 0 Å². The SMILES string of the molecule is CCCCCCCC/C=C/CCCCCCCC(=O)OCCCCCCC(CCCCCCOC(=O)CCCCCCC/C=C/CCCCCCCC)OC(=O)NCCOCCN(C)C. The van der Waals surface area contributed by atoms with E-state index in [-0.39, 0.29) is 24.1 Å². The number of esters is 2. The van der Waals surface area contributed by atoms with Crippen LogP contribution in [-0.4, -0.2) is 82.6 Å². The van der Waals surface area contributed by atoms with E-state index in [9.17, 15) is 14.4 Å². The summed E-state index contributed by atoms with van der Waals surface area (Å²) in [6.07, 6.45) is 51.7. The molecule has 0 saturated carbocycles. The number of carbonyl (C=O) groups excluding carboxylic acids is 3. The van der Waals surface area contributed by atoms with Crippen molar-refractivity contribution >= 4 is 18.0 Å². The fourth-order valence-corrected chi connectivity index (χ4v) is 7.88. The fraction of sp³-hybridized carbons (Fsp3) is 0.875. The summed E-state index contributed by atoms with van der Waals surface area (Å²) in [6, 6.07) is 0. The molecule has 0 rings (SSSR count). The van der Waals surface area contributed by atoms with Gasteiger partial charge in [0, 0.05) is 25.9 Å². The minimum atomic E-state index is -0.387. The Bertz CT molecular complexity index is 1010. The first-order chi connectivity index (χ1) is 31.9. The Morgan fingerprint density at radius 1 is 0.446 bits per heavy atom. The molecule has 0 saturated heterocycles. The number of carbonyl (C=O) groups is 3. The first-order valence-corrected chi connectivity index (χ1v) is 27.7. The molecule has 0 aliphatic heterocycles. The van der Waals surface area contributed by atoms with E-state index in [1.807, 2.05) is 14.1 Å². The number of ether oxygens (including phenoxy) is 4. The van der Waals surface area contributed by atoms with Crippen LogP contribution in [0.1, 0.15) is 258 Å². The number of hydrogen-bond donors (Lipinski definition) is 1. The summed E-state index contributed by atoms with van der Waals surface area (Å²) in [6.45, 7) is 7.84. The third kappa shape index (κ3) is 52.4. The van der Waals surface area contributed by atoms with Gasteiger partial charge in [-0.1, -0.05) is 167 Å². The molecule has 0 fully saturated rings. The molecule has 0 atom stereocenters. The number of rotatable bonds is 51. The fourth-order valence-electron chi connectivity index (χ4n) is 7.88. The summed E-state index contributed by atoms with van der Waals surface area (Å²) < 4.78 is 22.5. The molecule has 0 spiro atoms. The minimum absolute atomic E-state index is 0.0721. The van der Waals surface area contributed by atoms with Crippen molar-refractivity contribution in [1.82, 2.24) is 10.2 Å². The monoisotopic (exact) mass is 919 g/mol. The van der Waals surface area contributed by atoms with Gasteiger partial charge in [-0.2, -0.15) is 0 Å². The smallest absolute Gasteiger partial charge is 0.407 e. The Hall–Kier alpha value is -2.39. The molecule has 1 N–H and O–H groups in total. The molecule has 0 aliphatic carbocycles. The minimum Gasteiger partial charge on any atom is -0.466 e. The summed E-state index contributed by atoms with van der Waals surface area (Å²) in [4.78, 5) is 39.1. The van der Waals surface area contributed by atoms with E-state index in [0.717, 1.165) is 96.4 Å². The highest BCUT2D eigenvalue weighted by Gasteiger charge is 2.14. The highest BCUT2D eigenvalue weighted by atomic mass is 16.6. The zero-order chi connectivity index (χ0) is 47.4. The second-order valence-electron chi connectivity index (χ2n) is 18.9. The third-order valence-corrected chi connectivity index (χ3v) is 12.1. The summed E-state index contributed by atoms with van der Waals surface area (Å²) in [7, 11) is 4.01. The molecule has 9 nitrogen and oxygen atoms in total. The normalized spacial score (nSPS) is 11.7. The number of amides is 1. The van der Waals surface area contributed by atoms with Gasteiger partial charge in [-0.3, -0.25) is 9.59 Å². The lowest BCUT2D eigenvalue weighted by molar-refractivity contribution is -0.144. The molecule has 65 heavy (non-hydrogen) atoms. The van der Waals surface area contributed by atoms with E-state index in [4.69, 9.17) is 18.9 Å². The molecule has 9 heteroatoms. The van der Waals surface area contributed by atoms with Crippen LogP contribution < -0.4 is 5.32 Å². The van der Waals surface area contributed by atoms with Gasteiger partial charge in [-0.25, -0.2) is 4.79 Å². The van der Waals surface area contributed by atoms with Crippen LogP contribution in [-0.2, 0) is 28.5 Å². The molecule has 0 radical (unpaired) electrons. The van der Waals surface area contributed by atoms with Crippen molar-refractivity contribution < 1.29 is 33.3 Å². The molecule has 0 heterocycles. The van der Waals surface area contributed by atoms with Crippen molar-refractivity contribution in [2.45, 2.75) is 264 Å². The van der Waals surface area contributed by atoms with Gasteiger partial charge in [0.05, 0.1) is 26.4 Å². The van der Waals surface area contributed by atoms with Crippen LogP contribution in [0.3, 0.4) is 0 Å². The van der Waals surface area contributed by atoms with E-state index < -0.39 is 0 Å². The second-order valence-corrected chi connectivity index (χ2v) is 18.9. The zero-order valence-corrected chi connectivity index (χ0v) is 43.3. The molecular formula is C56H106N2O7. The van der Waals surface area contributed by atoms with Crippen LogP contribution in [0.4, 0.5) is 4.79 Å². The Labute approximate surface area is 402 Å². The number of allylic oxidation sites excluding steroid dienone is 4. The first-order valence-electron chi connectivity index (χ1n) is 27.7. The van der Waals surface area contributed by atoms with Crippen LogP contribution in [0.15, 0.2) is 24.3 Å². The van der Waals surface area contributed by atoms with Crippen molar-refractivity contribution in [3.8, 4) is 0 Å². The molecule has 0 aromatic carbocycles. The topological polar surface area (TPSA) is 103 Å². The standard InChI is InChI=1S/C56H106N2O7/c1-5-7-9-11-13-15-17-19-21-23-25-27-29-31-39-45-54(59)63-49-41-35-33-37-43-53(65-56(61)57-47-51-62-52-48-58(3)4)44-38-34-36-42-50-64-55(60)46-40-32-30-28-26-24-22-20-18-16-14-12-10-8-6-2/h19-22,53H,5-18,23-52H2,1-4H3,(H,57,61)/b21-19+,22-20+. The third-order valence-electron chi connectivity index (χ3n) is 12.1. The van der Waals surface area contributed by atoms with Crippen LogP contribution in [0.5, 0.6) is 0 Å². The molecule has 0 unspecified atom stereocenters. The number of unbranched alkanes of at least 4 members (excludes halogenated alkanes) is 28. The summed E-state index contributed by atoms with van der Waals surface area (Å²) in [5.41, 5.74) is 0. The maximum atomic E-state index is 12.6. The number of nitrogens with zero attached hydrogens (tertiary/aromatic N) is 1. The van der Waals surface area contributed by atoms with Gasteiger partial charge >= 0.3 is 18.0 Å². The van der Waals surface area contributed by atoms with Gasteiger partial charge in [0.1, 0.15) is 6.10 Å². The average Bonchev–Trinajstić information content (AvgIpc) is 3.29. The van der Waals surface area contributed by atoms with E-state index in [0.29, 0.717) is 45.8 Å². The van der Waals surface area contributed by atoms with Crippen LogP contribution in [0.2, 0.25) is 0 Å². The van der Waals surface area contributed by atoms with Gasteiger partial charge in [0.2, 0.25) is 0 Å². The largest absolute Gasteiger partial charge is 0.466 e. The van der Waals surface area contributed by atoms with E-state index >= 15 is 0 Å². The van der Waals surface area contributed by atoms with Gasteiger partial charge in [-0.05, 0) is 117 Å². The highest BCUT2D eigenvalue weighted by molar-refractivity contribution is 5.69. The summed E-state index contributed by atoms with van der Waals surface area (Å²) in [5, 5.41) is 2.84. The Morgan fingerprint density at radius 2 is 0.815 bits per heavy atom. The van der Waals surface area contributed by atoms with Crippen molar-refractivity contribution in [2.24, 2.45) is 0 Å². The maximum absolute atomic E-state index is 12.6. The summed E-state index contributed by atoms with van der Waals surface area (Å²) in [5.74, 6) is -0.144. The molecule has 0 bridgehead atoms. The maximum Gasteiger partial charge on any atom is 0.407 e. The van der Waals surface area contributed by atoms with E-state index in [1.165, 1.54) is 141 Å². The zero-order valence-electron chi connectivity index (χ0n) is 43.3. The van der Waals surface area contributed by atoms with E-state index in [2.05, 4.69) is 48.4 Å². The number of alkyl carbamates (subject to hydrolysis) is 1. The van der Waals surface area contributed by atoms with Crippen molar-refractivity contribution in [1.29, 1.82) is 0 Å². The quantitative estimate of drug-likeness (QED) is 0.0278. The van der Waals surface area contributed by atoms with Gasteiger partial charge in [0.15, 0.2) is 0 Å². The molecule has 0 aromatic rings. The Balaban J connectivity index is 4.08. The van der Waals surface area contributed by atoms with Gasteiger partial charge < -0.3 is 29.2 Å². The Kier molecular flexibility index (Phi) is 50.6. The summed E-state index contributed by atoms with van der Waals surface area (Å²) >= 11 is 0. The molecule has 1 amide bonds. The number of nitrogens with one attached hydrogen (secondary N) is 1. The molecular weight excluding hydrogens is 813 g/mol. The molecule has 0 aromatic heterocycles.